The minimum atomic E-state index is -0.126. The summed E-state index contributed by atoms with van der Waals surface area (Å²) in [6, 6.07) is 17.0. The van der Waals surface area contributed by atoms with Gasteiger partial charge in [-0.3, -0.25) is 4.79 Å². The van der Waals surface area contributed by atoms with Crippen LogP contribution in [0.5, 0.6) is 5.75 Å². The molecule has 6 nitrogen and oxygen atoms in total. The van der Waals surface area contributed by atoms with Crippen molar-refractivity contribution in [3.63, 3.8) is 0 Å². The van der Waals surface area contributed by atoms with Gasteiger partial charge in [0.1, 0.15) is 11.5 Å². The predicted molar refractivity (Wildman–Crippen MR) is 109 cm³/mol. The summed E-state index contributed by atoms with van der Waals surface area (Å²) in [5.41, 5.74) is 3.51. The van der Waals surface area contributed by atoms with Gasteiger partial charge in [0.05, 0.1) is 31.0 Å². The Hall–Kier alpha value is -3.19. The van der Waals surface area contributed by atoms with Crippen LogP contribution >= 0.6 is 11.8 Å². The van der Waals surface area contributed by atoms with Gasteiger partial charge in [-0.25, -0.2) is 4.98 Å². The highest BCUT2D eigenvalue weighted by atomic mass is 32.2. The van der Waals surface area contributed by atoms with Gasteiger partial charge in [-0.2, -0.15) is 0 Å². The smallest absolute Gasteiger partial charge is 0.251 e. The number of rotatable bonds is 7. The van der Waals surface area contributed by atoms with Crippen molar-refractivity contribution in [2.45, 2.75) is 17.5 Å². The molecule has 0 bridgehead atoms. The molecule has 0 atom stereocenters. The molecule has 7 heteroatoms. The number of methoxy groups -OCH3 is 1. The lowest BCUT2D eigenvalue weighted by atomic mass is 10.1. The lowest BCUT2D eigenvalue weighted by molar-refractivity contribution is 0.0948. The van der Waals surface area contributed by atoms with Gasteiger partial charge in [0, 0.05) is 17.4 Å². The van der Waals surface area contributed by atoms with E-state index in [0.29, 0.717) is 17.9 Å². The Labute approximate surface area is 166 Å². The van der Waals surface area contributed by atoms with Crippen LogP contribution in [-0.2, 0) is 12.3 Å². The summed E-state index contributed by atoms with van der Waals surface area (Å²) < 4.78 is 10.5. The Kier molecular flexibility index (Phi) is 5.34. The summed E-state index contributed by atoms with van der Waals surface area (Å²) in [4.78, 5) is 20.2. The van der Waals surface area contributed by atoms with E-state index in [1.165, 1.54) is 0 Å². The minimum Gasteiger partial charge on any atom is -0.497 e. The number of carbonyl (C=O) groups excluding carboxylic acids is 1. The summed E-state index contributed by atoms with van der Waals surface area (Å²) in [5.74, 6) is 2.10. The predicted octanol–water partition coefficient (Wildman–Crippen LogP) is 4.39. The van der Waals surface area contributed by atoms with Gasteiger partial charge >= 0.3 is 0 Å². The second-order valence-electron chi connectivity index (χ2n) is 6.18. The van der Waals surface area contributed by atoms with Gasteiger partial charge < -0.3 is 19.5 Å². The molecule has 0 unspecified atom stereocenters. The van der Waals surface area contributed by atoms with Crippen molar-refractivity contribution in [3.05, 3.63) is 77.7 Å². The number of nitrogens with zero attached hydrogens (tertiary/aromatic N) is 1. The van der Waals surface area contributed by atoms with Gasteiger partial charge in [-0.1, -0.05) is 23.9 Å². The molecular formula is C21H19N3O3S. The molecule has 4 aromatic rings. The zero-order valence-electron chi connectivity index (χ0n) is 15.3. The van der Waals surface area contributed by atoms with E-state index >= 15 is 0 Å². The molecule has 0 spiro atoms. The lowest BCUT2D eigenvalue weighted by Crippen LogP contribution is -2.22. The van der Waals surface area contributed by atoms with Crippen LogP contribution in [0.1, 0.15) is 21.7 Å². The van der Waals surface area contributed by atoms with Gasteiger partial charge in [0.15, 0.2) is 5.16 Å². The molecule has 1 amide bonds. The second-order valence-corrected chi connectivity index (χ2v) is 7.14. The first-order chi connectivity index (χ1) is 13.7. The first kappa shape index (κ1) is 18.2. The topological polar surface area (TPSA) is 80.2 Å². The summed E-state index contributed by atoms with van der Waals surface area (Å²) in [6.45, 7) is 0.368. The van der Waals surface area contributed by atoms with E-state index in [1.54, 1.807) is 37.3 Å². The molecule has 2 aromatic carbocycles. The number of hydrogen-bond acceptors (Lipinski definition) is 5. The van der Waals surface area contributed by atoms with E-state index in [0.717, 1.165) is 33.3 Å². The SMILES string of the molecule is COc1ccc2nc(SCc3cccc(C(=O)NCc4ccco4)c3)[nH]c2c1. The Morgan fingerprint density at radius 2 is 2.14 bits per heavy atom. The fraction of sp³-hybridized carbons (Fsp3) is 0.143. The minimum absolute atomic E-state index is 0.126. The Bertz CT molecular complexity index is 1090. The number of hydrogen-bond donors (Lipinski definition) is 2. The summed E-state index contributed by atoms with van der Waals surface area (Å²) in [7, 11) is 1.64. The highest BCUT2D eigenvalue weighted by Gasteiger charge is 2.09. The van der Waals surface area contributed by atoms with Crippen molar-refractivity contribution in [2.24, 2.45) is 0 Å². The van der Waals surface area contributed by atoms with E-state index in [2.05, 4.69) is 15.3 Å². The molecule has 0 saturated heterocycles. The number of aromatic amines is 1. The molecular weight excluding hydrogens is 374 g/mol. The highest BCUT2D eigenvalue weighted by Crippen LogP contribution is 2.25. The van der Waals surface area contributed by atoms with E-state index in [1.807, 2.05) is 42.5 Å². The quantitative estimate of drug-likeness (QED) is 0.455. The monoisotopic (exact) mass is 393 g/mol. The molecule has 2 aromatic heterocycles. The molecule has 28 heavy (non-hydrogen) atoms. The van der Waals surface area contributed by atoms with Gasteiger partial charge in [0.25, 0.3) is 5.91 Å². The van der Waals surface area contributed by atoms with E-state index < -0.39 is 0 Å². The number of H-pyrrole nitrogens is 1. The standard InChI is InChI=1S/C21H19N3O3S/c1-26-16-7-8-18-19(11-16)24-21(23-18)28-13-14-4-2-5-15(10-14)20(25)22-12-17-6-3-9-27-17/h2-11H,12-13H2,1H3,(H,22,25)(H,23,24). The third-order valence-electron chi connectivity index (χ3n) is 4.24. The van der Waals surface area contributed by atoms with Crippen molar-refractivity contribution < 1.29 is 13.9 Å². The van der Waals surface area contributed by atoms with E-state index in [4.69, 9.17) is 9.15 Å². The van der Waals surface area contributed by atoms with Crippen LogP contribution in [-0.4, -0.2) is 23.0 Å². The fourth-order valence-corrected chi connectivity index (χ4v) is 3.63. The number of fused-ring (bicyclic) bond motifs is 1. The zero-order valence-corrected chi connectivity index (χ0v) is 16.1. The largest absolute Gasteiger partial charge is 0.497 e. The van der Waals surface area contributed by atoms with Crippen LogP contribution in [0.25, 0.3) is 11.0 Å². The maximum Gasteiger partial charge on any atom is 0.251 e. The number of thioether (sulfide) groups is 1. The van der Waals surface area contributed by atoms with E-state index in [-0.39, 0.29) is 5.91 Å². The van der Waals surface area contributed by atoms with Crippen molar-refractivity contribution >= 4 is 28.7 Å². The van der Waals surface area contributed by atoms with Crippen LogP contribution in [0.15, 0.2) is 70.4 Å². The van der Waals surface area contributed by atoms with Crippen LogP contribution in [0.4, 0.5) is 0 Å². The summed E-state index contributed by atoms with van der Waals surface area (Å²) in [6.07, 6.45) is 1.59. The average molecular weight is 393 g/mol. The molecule has 4 rings (SSSR count). The summed E-state index contributed by atoms with van der Waals surface area (Å²) >= 11 is 1.59. The maximum absolute atomic E-state index is 12.4. The van der Waals surface area contributed by atoms with Crippen molar-refractivity contribution in [1.82, 2.24) is 15.3 Å². The Morgan fingerprint density at radius 1 is 1.21 bits per heavy atom. The number of aromatic nitrogens is 2. The average Bonchev–Trinajstić information content (AvgIpc) is 3.39. The zero-order chi connectivity index (χ0) is 19.3. The first-order valence-corrected chi connectivity index (χ1v) is 9.76. The van der Waals surface area contributed by atoms with Crippen LogP contribution in [0.2, 0.25) is 0 Å². The first-order valence-electron chi connectivity index (χ1n) is 8.77. The number of furan rings is 1. The molecule has 0 aliphatic heterocycles. The van der Waals surface area contributed by atoms with E-state index in [9.17, 15) is 4.79 Å². The normalized spacial score (nSPS) is 10.9. The lowest BCUT2D eigenvalue weighted by Gasteiger charge is -2.05. The van der Waals surface area contributed by atoms with Gasteiger partial charge in [-0.05, 0) is 42.0 Å². The van der Waals surface area contributed by atoms with Gasteiger partial charge in [0.2, 0.25) is 0 Å². The molecule has 0 aliphatic rings. The third-order valence-corrected chi connectivity index (χ3v) is 5.18. The van der Waals surface area contributed by atoms with Crippen molar-refractivity contribution in [2.75, 3.05) is 7.11 Å². The molecule has 0 aliphatic carbocycles. The molecule has 0 radical (unpaired) electrons. The molecule has 0 fully saturated rings. The number of ether oxygens (including phenoxy) is 1. The summed E-state index contributed by atoms with van der Waals surface area (Å²) in [5, 5.41) is 3.69. The fourth-order valence-electron chi connectivity index (χ4n) is 2.80. The Balaban J connectivity index is 1.39. The van der Waals surface area contributed by atoms with Gasteiger partial charge in [-0.15, -0.1) is 0 Å². The third kappa shape index (κ3) is 4.20. The molecule has 142 valence electrons. The number of imidazole rings is 1. The maximum atomic E-state index is 12.4. The van der Waals surface area contributed by atoms with Crippen molar-refractivity contribution in [1.29, 1.82) is 0 Å². The molecule has 2 N–H and O–H groups in total. The Morgan fingerprint density at radius 3 is 2.96 bits per heavy atom. The highest BCUT2D eigenvalue weighted by molar-refractivity contribution is 7.98. The number of benzene rings is 2. The molecule has 2 heterocycles. The van der Waals surface area contributed by atoms with Crippen LogP contribution < -0.4 is 10.1 Å². The number of nitrogens with one attached hydrogen (secondary N) is 2. The number of amides is 1. The molecule has 0 saturated carbocycles. The van der Waals surface area contributed by atoms with Crippen LogP contribution in [0.3, 0.4) is 0 Å². The van der Waals surface area contributed by atoms with Crippen molar-refractivity contribution in [3.8, 4) is 5.75 Å². The second kappa shape index (κ2) is 8.22. The van der Waals surface area contributed by atoms with Crippen LogP contribution in [0, 0.1) is 0 Å². The number of carbonyl (C=O) groups is 1.